The highest BCUT2D eigenvalue weighted by atomic mass is 15.1. The lowest BCUT2D eigenvalue weighted by atomic mass is 9.67. The summed E-state index contributed by atoms with van der Waals surface area (Å²) < 4.78 is 0. The van der Waals surface area contributed by atoms with E-state index < -0.39 is 10.8 Å². The molecule has 0 aromatic heterocycles. The molecule has 0 N–H and O–H groups in total. The molecule has 0 unspecified atom stereocenters. The van der Waals surface area contributed by atoms with E-state index in [1.54, 1.807) is 0 Å². The van der Waals surface area contributed by atoms with Gasteiger partial charge in [0.15, 0.2) is 0 Å². The van der Waals surface area contributed by atoms with Gasteiger partial charge in [0, 0.05) is 17.1 Å². The number of hydrogen-bond donors (Lipinski definition) is 0. The van der Waals surface area contributed by atoms with Crippen LogP contribution in [-0.4, -0.2) is 0 Å². The Morgan fingerprint density at radius 3 is 0.899 bits per heavy atom. The molecule has 12 aromatic rings. The van der Waals surface area contributed by atoms with Gasteiger partial charge < -0.3 is 4.90 Å². The van der Waals surface area contributed by atoms with Gasteiger partial charge in [0.1, 0.15) is 0 Å². The molecule has 0 aliphatic heterocycles. The molecule has 0 spiro atoms. The van der Waals surface area contributed by atoms with Gasteiger partial charge in [-0.05, 0) is 135 Å². The van der Waals surface area contributed by atoms with Crippen LogP contribution >= 0.6 is 0 Å². The van der Waals surface area contributed by atoms with Crippen molar-refractivity contribution in [2.24, 2.45) is 0 Å². The van der Waals surface area contributed by atoms with Gasteiger partial charge in [-0.2, -0.15) is 0 Å². The van der Waals surface area contributed by atoms with Gasteiger partial charge in [-0.1, -0.05) is 237 Å². The summed E-state index contributed by atoms with van der Waals surface area (Å²) >= 11 is 0. The maximum atomic E-state index is 2.51. The maximum Gasteiger partial charge on any atom is 0.0713 e. The van der Waals surface area contributed by atoms with Gasteiger partial charge in [0.2, 0.25) is 0 Å². The van der Waals surface area contributed by atoms with Gasteiger partial charge in [0.05, 0.1) is 10.8 Å². The van der Waals surface area contributed by atoms with Crippen LogP contribution in [0.1, 0.15) is 44.5 Å². The Morgan fingerprint density at radius 2 is 0.493 bits per heavy atom. The normalized spacial score (nSPS) is 13.7. The molecule has 2 aliphatic rings. The molecule has 69 heavy (non-hydrogen) atoms. The number of rotatable bonds is 7. The SMILES string of the molecule is c1ccc(C2(c3ccccc3)c3ccccc3-c3cc(N(c4ccc5c(c4)-c4ccccc4C5(c4ccccc4)c4ccccc4)c4ccc5c6ccccc6c6ccccc6c5c4)ccc32)cc1. The summed E-state index contributed by atoms with van der Waals surface area (Å²) in [4.78, 5) is 2.51. The van der Waals surface area contributed by atoms with Crippen LogP contribution in [0.3, 0.4) is 0 Å². The number of hydrogen-bond acceptors (Lipinski definition) is 1. The third-order valence-corrected chi connectivity index (χ3v) is 15.4. The second kappa shape index (κ2) is 15.4. The number of benzene rings is 12. The first-order valence-corrected chi connectivity index (χ1v) is 24.1. The van der Waals surface area contributed by atoms with Crippen LogP contribution in [0.25, 0.3) is 54.6 Å². The molecule has 2 aliphatic carbocycles. The minimum Gasteiger partial charge on any atom is -0.310 e. The summed E-state index contributed by atoms with van der Waals surface area (Å²) in [6.45, 7) is 0. The fourth-order valence-electron chi connectivity index (χ4n) is 12.6. The molecule has 1 nitrogen and oxygen atoms in total. The summed E-state index contributed by atoms with van der Waals surface area (Å²) in [7, 11) is 0. The molecule has 14 rings (SSSR count). The number of fused-ring (bicyclic) bond motifs is 12. The Labute approximate surface area is 402 Å². The molecule has 12 aromatic carbocycles. The minimum atomic E-state index is -0.490. The molecule has 0 fully saturated rings. The van der Waals surface area contributed by atoms with Gasteiger partial charge in [-0.3, -0.25) is 0 Å². The van der Waals surface area contributed by atoms with E-state index in [4.69, 9.17) is 0 Å². The summed E-state index contributed by atoms with van der Waals surface area (Å²) in [5.74, 6) is 0. The summed E-state index contributed by atoms with van der Waals surface area (Å²) in [5, 5.41) is 7.56. The molecule has 0 bridgehead atoms. The van der Waals surface area contributed by atoms with Gasteiger partial charge in [-0.25, -0.2) is 0 Å². The van der Waals surface area contributed by atoms with Gasteiger partial charge >= 0.3 is 0 Å². The van der Waals surface area contributed by atoms with Crippen molar-refractivity contribution in [2.75, 3.05) is 4.90 Å². The highest BCUT2D eigenvalue weighted by Crippen LogP contribution is 2.59. The molecule has 0 amide bonds. The van der Waals surface area contributed by atoms with E-state index in [2.05, 4.69) is 278 Å². The third kappa shape index (κ3) is 5.59. The first-order chi connectivity index (χ1) is 34.2. The lowest BCUT2D eigenvalue weighted by Gasteiger charge is -2.34. The minimum absolute atomic E-state index is 0.490. The predicted octanol–water partition coefficient (Wildman–Crippen LogP) is 17.3. The van der Waals surface area contributed by atoms with Crippen molar-refractivity contribution >= 4 is 49.4 Å². The zero-order valence-corrected chi connectivity index (χ0v) is 37.9. The standard InChI is InChI=1S/C68H45N/c1-5-21-46(22-6-1)67(47-23-7-2-8-24-47)63-35-19-17-33-58(63)61-44-51(38-41-65(61)67)69(50-37-40-57-55-31-14-13-29-53(55)54-30-15-16-32-56(54)60(57)43-50)52-39-42-66-62(45-52)59-34-18-20-36-64(59)68(66,48-25-9-3-10-26-48)49-27-11-4-12-28-49/h1-45H. The van der Waals surface area contributed by atoms with Gasteiger partial charge in [0.25, 0.3) is 0 Å². The lowest BCUT2D eigenvalue weighted by Crippen LogP contribution is -2.28. The van der Waals surface area contributed by atoms with Crippen LogP contribution in [0.15, 0.2) is 273 Å². The summed E-state index contributed by atoms with van der Waals surface area (Å²) in [5.41, 5.74) is 17.6. The zero-order chi connectivity index (χ0) is 45.5. The molecular formula is C68H45N. The van der Waals surface area contributed by atoms with E-state index in [1.165, 1.54) is 99.1 Å². The van der Waals surface area contributed by atoms with Crippen LogP contribution in [0.2, 0.25) is 0 Å². The molecule has 0 atom stereocenters. The van der Waals surface area contributed by atoms with Gasteiger partial charge in [-0.15, -0.1) is 0 Å². The number of nitrogens with zero attached hydrogens (tertiary/aromatic N) is 1. The first kappa shape index (κ1) is 39.4. The van der Waals surface area contributed by atoms with Crippen molar-refractivity contribution in [1.29, 1.82) is 0 Å². The average molecular weight is 876 g/mol. The smallest absolute Gasteiger partial charge is 0.0713 e. The van der Waals surface area contributed by atoms with Crippen LogP contribution < -0.4 is 4.90 Å². The average Bonchev–Trinajstić information content (AvgIpc) is 3.90. The van der Waals surface area contributed by atoms with Crippen molar-refractivity contribution < 1.29 is 0 Å². The van der Waals surface area contributed by atoms with Crippen LogP contribution in [0, 0.1) is 0 Å². The topological polar surface area (TPSA) is 3.24 Å². The first-order valence-electron chi connectivity index (χ1n) is 24.1. The second-order valence-corrected chi connectivity index (χ2v) is 18.7. The summed E-state index contributed by atoms with van der Waals surface area (Å²) in [6, 6.07) is 102. The quantitative estimate of drug-likeness (QED) is 0.144. The zero-order valence-electron chi connectivity index (χ0n) is 37.9. The van der Waals surface area contributed by atoms with E-state index in [-0.39, 0.29) is 0 Å². The van der Waals surface area contributed by atoms with Crippen molar-refractivity contribution in [3.8, 4) is 22.3 Å². The van der Waals surface area contributed by atoms with Crippen molar-refractivity contribution in [3.05, 3.63) is 317 Å². The summed E-state index contributed by atoms with van der Waals surface area (Å²) in [6.07, 6.45) is 0. The monoisotopic (exact) mass is 875 g/mol. The van der Waals surface area contributed by atoms with Crippen molar-refractivity contribution in [3.63, 3.8) is 0 Å². The maximum absolute atomic E-state index is 2.51. The molecule has 322 valence electrons. The van der Waals surface area contributed by atoms with E-state index in [9.17, 15) is 0 Å². The fourth-order valence-corrected chi connectivity index (χ4v) is 12.6. The van der Waals surface area contributed by atoms with Crippen molar-refractivity contribution in [2.45, 2.75) is 10.8 Å². The largest absolute Gasteiger partial charge is 0.310 e. The third-order valence-electron chi connectivity index (χ3n) is 15.4. The molecule has 0 radical (unpaired) electrons. The van der Waals surface area contributed by atoms with E-state index in [0.29, 0.717) is 0 Å². The Morgan fingerprint density at radius 1 is 0.203 bits per heavy atom. The predicted molar refractivity (Wildman–Crippen MR) is 288 cm³/mol. The van der Waals surface area contributed by atoms with Crippen LogP contribution in [-0.2, 0) is 10.8 Å². The Bertz CT molecular complexity index is 3650. The molecule has 0 heterocycles. The second-order valence-electron chi connectivity index (χ2n) is 18.7. The van der Waals surface area contributed by atoms with Crippen LogP contribution in [0.4, 0.5) is 17.1 Å². The van der Waals surface area contributed by atoms with Crippen LogP contribution in [0.5, 0.6) is 0 Å². The molecule has 0 saturated heterocycles. The Balaban J connectivity index is 1.05. The highest BCUT2D eigenvalue weighted by Gasteiger charge is 2.48. The lowest BCUT2D eigenvalue weighted by molar-refractivity contribution is 0.768. The Kier molecular flexibility index (Phi) is 8.78. The molecule has 0 saturated carbocycles. The molecule has 1 heteroatoms. The molecular weight excluding hydrogens is 831 g/mol. The van der Waals surface area contributed by atoms with E-state index in [0.717, 1.165) is 17.1 Å². The Hall–Kier alpha value is -8.78. The number of anilines is 3. The van der Waals surface area contributed by atoms with E-state index in [1.807, 2.05) is 0 Å². The van der Waals surface area contributed by atoms with E-state index >= 15 is 0 Å². The highest BCUT2D eigenvalue weighted by molar-refractivity contribution is 6.25. The fraction of sp³-hybridized carbons (Fsp3) is 0.0294. The van der Waals surface area contributed by atoms with Crippen molar-refractivity contribution in [1.82, 2.24) is 0 Å².